The summed E-state index contributed by atoms with van der Waals surface area (Å²) < 4.78 is 5.95. The van der Waals surface area contributed by atoms with Crippen molar-refractivity contribution in [3.63, 3.8) is 0 Å². The molecule has 0 bridgehead atoms. The van der Waals surface area contributed by atoms with Crippen molar-refractivity contribution in [2.24, 2.45) is 0 Å². The predicted octanol–water partition coefficient (Wildman–Crippen LogP) is 15.4. The Bertz CT molecular complexity index is 3300. The van der Waals surface area contributed by atoms with Gasteiger partial charge in [0.05, 0.1) is 72.2 Å². The fourth-order valence-corrected chi connectivity index (χ4v) is 11.0. The van der Waals surface area contributed by atoms with Gasteiger partial charge >= 0.3 is 0 Å². The van der Waals surface area contributed by atoms with E-state index in [2.05, 4.69) is 174 Å². The summed E-state index contributed by atoms with van der Waals surface area (Å²) in [5, 5.41) is 19.5. The van der Waals surface area contributed by atoms with Crippen LogP contribution < -0.4 is 9.80 Å². The third kappa shape index (κ3) is 4.75. The van der Waals surface area contributed by atoms with Crippen LogP contribution in [0.1, 0.15) is 31.9 Å². The van der Waals surface area contributed by atoms with Gasteiger partial charge in [0.25, 0.3) is 0 Å². The van der Waals surface area contributed by atoms with Crippen molar-refractivity contribution in [3.05, 3.63) is 161 Å². The summed E-state index contributed by atoms with van der Waals surface area (Å²) >= 11 is 11.5. The van der Waals surface area contributed by atoms with Gasteiger partial charge in [-0.3, -0.25) is 0 Å². The summed E-state index contributed by atoms with van der Waals surface area (Å²) in [5.74, 6) is 0. The van der Waals surface area contributed by atoms with Crippen molar-refractivity contribution in [2.45, 2.75) is 26.2 Å². The molecule has 4 nitrogen and oxygen atoms in total. The molecule has 1 aliphatic rings. The van der Waals surface area contributed by atoms with Crippen LogP contribution in [0.2, 0.25) is 5.02 Å². The fraction of sp³-hybridized carbons (Fsp3) is 0.0816. The number of fused-ring (bicyclic) bond motifs is 9. The maximum Gasteiger partial charge on any atom is 0.0993 e. The van der Waals surface area contributed by atoms with Crippen LogP contribution in [-0.2, 0) is 5.41 Å². The van der Waals surface area contributed by atoms with E-state index in [1.165, 1.54) is 36.5 Å². The van der Waals surface area contributed by atoms with Gasteiger partial charge in [0, 0.05) is 41.7 Å². The number of hydrogen-bond donors (Lipinski definition) is 0. The molecule has 1 aliphatic heterocycles. The third-order valence-electron chi connectivity index (χ3n) is 11.2. The second kappa shape index (κ2) is 12.2. The Balaban J connectivity index is 1.23. The normalized spacial score (nSPS) is 12.6. The maximum atomic E-state index is 10.8. The first kappa shape index (κ1) is 33.3. The second-order valence-electron chi connectivity index (χ2n) is 15.5. The van der Waals surface area contributed by atoms with E-state index in [9.17, 15) is 5.26 Å². The summed E-state index contributed by atoms with van der Waals surface area (Å²) in [7, 11) is 0. The molecule has 7 heteroatoms. The van der Waals surface area contributed by atoms with Gasteiger partial charge in [-0.05, 0) is 71.6 Å². The van der Waals surface area contributed by atoms with Gasteiger partial charge in [-0.2, -0.15) is 5.26 Å². The zero-order valence-corrected chi connectivity index (χ0v) is 33.2. The Hall–Kier alpha value is -6.10. The van der Waals surface area contributed by atoms with Crippen LogP contribution in [0, 0.1) is 11.3 Å². The van der Waals surface area contributed by atoms with E-state index >= 15 is 0 Å². The molecule has 56 heavy (non-hydrogen) atoms. The molecule has 0 fully saturated rings. The van der Waals surface area contributed by atoms with Gasteiger partial charge in [0.1, 0.15) is 0 Å². The largest absolute Gasteiger partial charge is 0.306 e. The van der Waals surface area contributed by atoms with Gasteiger partial charge in [0.2, 0.25) is 0 Å². The summed E-state index contributed by atoms with van der Waals surface area (Å²) in [6.07, 6.45) is 0. The maximum absolute atomic E-state index is 10.8. The molecule has 268 valence electrons. The van der Waals surface area contributed by atoms with Crippen LogP contribution >= 0.6 is 34.3 Å². The number of nitrogens with zero attached hydrogens (tertiary/aromatic N) is 4. The quantitative estimate of drug-likeness (QED) is 0.179. The van der Waals surface area contributed by atoms with Crippen molar-refractivity contribution >= 4 is 120 Å². The minimum atomic E-state index is -0.0413. The number of halogens is 1. The fourth-order valence-electron chi connectivity index (χ4n) is 8.60. The molecular formula is C49H33ClN4S2. The van der Waals surface area contributed by atoms with Crippen LogP contribution in [0.5, 0.6) is 0 Å². The lowest BCUT2D eigenvalue weighted by molar-refractivity contribution is 0.591. The minimum absolute atomic E-state index is 0.0413. The zero-order valence-electron chi connectivity index (χ0n) is 30.8. The Morgan fingerprint density at radius 3 is 2.16 bits per heavy atom. The molecule has 0 atom stereocenters. The molecule has 10 aromatic rings. The standard InChI is InChI=1S/C49H33ClN4S2/c1-49(2,3)30-22-23-44-35(26-30)43(28-55-44)53(40-20-11-15-34-32-13-5-9-21-45(32)56-48(34)40)42-25-29(27-51)24-41(46(42)50)52-37-17-7-8-18-38(37)54-36-16-6-4-12-31(36)33-14-10-19-39(52)47(33)54/h4-26,28H,1-3H3. The van der Waals surface area contributed by atoms with E-state index in [0.717, 1.165) is 60.9 Å². The van der Waals surface area contributed by atoms with E-state index in [4.69, 9.17) is 11.6 Å². The Morgan fingerprint density at radius 1 is 0.607 bits per heavy atom. The highest BCUT2D eigenvalue weighted by Crippen LogP contribution is 2.55. The second-order valence-corrected chi connectivity index (χ2v) is 17.8. The average Bonchev–Trinajstić information content (AvgIpc) is 3.92. The molecule has 0 unspecified atom stereocenters. The molecule has 0 saturated heterocycles. The first-order valence-electron chi connectivity index (χ1n) is 18.7. The van der Waals surface area contributed by atoms with Crippen LogP contribution in [-0.4, -0.2) is 4.57 Å². The van der Waals surface area contributed by atoms with Gasteiger partial charge in [-0.15, -0.1) is 22.7 Å². The number of rotatable bonds is 4. The Kier molecular flexibility index (Phi) is 7.24. The monoisotopic (exact) mass is 776 g/mol. The number of anilines is 6. The number of aromatic nitrogens is 1. The number of benzene rings is 7. The van der Waals surface area contributed by atoms with Crippen molar-refractivity contribution in [2.75, 3.05) is 9.80 Å². The predicted molar refractivity (Wildman–Crippen MR) is 240 cm³/mol. The SMILES string of the molecule is CC(C)(C)c1ccc2scc(N(c3cc(C#N)cc(N4c5ccccc5-n5c6ccccc6c6cccc4c65)c3Cl)c3cccc4c3sc3ccccc34)c2c1. The number of hydrogen-bond acceptors (Lipinski definition) is 5. The van der Waals surface area contributed by atoms with Gasteiger partial charge < -0.3 is 14.4 Å². The van der Waals surface area contributed by atoms with Gasteiger partial charge in [-0.1, -0.05) is 111 Å². The highest BCUT2D eigenvalue weighted by atomic mass is 35.5. The summed E-state index contributed by atoms with van der Waals surface area (Å²) in [5.41, 5.74) is 10.6. The smallest absolute Gasteiger partial charge is 0.0993 e. The summed E-state index contributed by atoms with van der Waals surface area (Å²) in [6.45, 7) is 6.77. The van der Waals surface area contributed by atoms with Crippen molar-refractivity contribution in [1.82, 2.24) is 4.57 Å². The van der Waals surface area contributed by atoms with Crippen LogP contribution in [0.3, 0.4) is 0 Å². The third-order valence-corrected chi connectivity index (χ3v) is 13.8. The molecule has 0 amide bonds. The summed E-state index contributed by atoms with van der Waals surface area (Å²) in [4.78, 5) is 4.56. The lowest BCUT2D eigenvalue weighted by atomic mass is 9.86. The van der Waals surface area contributed by atoms with Crippen LogP contribution in [0.15, 0.2) is 145 Å². The van der Waals surface area contributed by atoms with E-state index in [1.54, 1.807) is 22.7 Å². The molecule has 3 aromatic heterocycles. The topological polar surface area (TPSA) is 35.2 Å². The highest BCUT2D eigenvalue weighted by Gasteiger charge is 2.32. The van der Waals surface area contributed by atoms with Crippen molar-refractivity contribution < 1.29 is 0 Å². The lowest BCUT2D eigenvalue weighted by Crippen LogP contribution is -2.19. The van der Waals surface area contributed by atoms with Gasteiger partial charge in [0.15, 0.2) is 0 Å². The first-order chi connectivity index (χ1) is 27.3. The first-order valence-corrected chi connectivity index (χ1v) is 20.7. The average molecular weight is 777 g/mol. The molecule has 0 aliphatic carbocycles. The van der Waals surface area contributed by atoms with Crippen LogP contribution in [0.4, 0.5) is 34.1 Å². The molecule has 0 spiro atoms. The lowest BCUT2D eigenvalue weighted by Gasteiger charge is -2.35. The van der Waals surface area contributed by atoms with Crippen molar-refractivity contribution in [3.8, 4) is 11.8 Å². The highest BCUT2D eigenvalue weighted by molar-refractivity contribution is 7.26. The van der Waals surface area contributed by atoms with Crippen molar-refractivity contribution in [1.29, 1.82) is 5.26 Å². The Labute approximate surface area is 337 Å². The Morgan fingerprint density at radius 2 is 1.32 bits per heavy atom. The molecule has 11 rings (SSSR count). The molecule has 0 radical (unpaired) electrons. The molecular weight excluding hydrogens is 744 g/mol. The van der Waals surface area contributed by atoms with E-state index in [-0.39, 0.29) is 5.41 Å². The number of para-hydroxylation sites is 4. The number of nitriles is 1. The van der Waals surface area contributed by atoms with E-state index in [1.807, 2.05) is 12.1 Å². The van der Waals surface area contributed by atoms with E-state index < -0.39 is 0 Å². The van der Waals surface area contributed by atoms with E-state index in [0.29, 0.717) is 10.6 Å². The molecule has 0 saturated carbocycles. The minimum Gasteiger partial charge on any atom is -0.306 e. The molecule has 0 N–H and O–H groups in total. The number of thiophene rings is 2. The zero-order chi connectivity index (χ0) is 37.9. The summed E-state index contributed by atoms with van der Waals surface area (Å²) in [6, 6.07) is 52.0. The van der Waals surface area contributed by atoms with Crippen LogP contribution in [0.25, 0.3) is 57.8 Å². The molecule has 4 heterocycles. The van der Waals surface area contributed by atoms with Gasteiger partial charge in [-0.25, -0.2) is 0 Å². The molecule has 7 aromatic carbocycles.